The van der Waals surface area contributed by atoms with Gasteiger partial charge in [-0.2, -0.15) is 16.4 Å². The van der Waals surface area contributed by atoms with E-state index in [-0.39, 0.29) is 0 Å². The largest absolute Gasteiger partial charge is 0.280 e. The highest BCUT2D eigenvalue weighted by atomic mass is 35.5. The van der Waals surface area contributed by atoms with Crippen molar-refractivity contribution in [2.75, 3.05) is 5.88 Å². The van der Waals surface area contributed by atoms with Crippen LogP contribution in [0.2, 0.25) is 0 Å². The number of hydrogen-bond donors (Lipinski definition) is 0. The van der Waals surface area contributed by atoms with Crippen molar-refractivity contribution >= 4 is 34.1 Å². The first-order chi connectivity index (χ1) is 9.26. The third kappa shape index (κ3) is 1.97. The van der Waals surface area contributed by atoms with Crippen LogP contribution >= 0.6 is 22.9 Å². The Bertz CT molecular complexity index is 696. The first kappa shape index (κ1) is 12.7. The van der Waals surface area contributed by atoms with E-state index >= 15 is 0 Å². The highest BCUT2D eigenvalue weighted by Gasteiger charge is 2.19. The van der Waals surface area contributed by atoms with Gasteiger partial charge in [-0.15, -0.1) is 11.6 Å². The van der Waals surface area contributed by atoms with Crippen molar-refractivity contribution in [3.05, 3.63) is 28.3 Å². The molecule has 0 fully saturated rings. The van der Waals surface area contributed by atoms with Crippen LogP contribution in [0.5, 0.6) is 0 Å². The van der Waals surface area contributed by atoms with Gasteiger partial charge in [0, 0.05) is 24.7 Å². The van der Waals surface area contributed by atoms with Gasteiger partial charge >= 0.3 is 0 Å². The van der Waals surface area contributed by atoms with Crippen LogP contribution in [-0.2, 0) is 19.9 Å². The smallest absolute Gasteiger partial charge is 0.163 e. The summed E-state index contributed by atoms with van der Waals surface area (Å²) in [5, 5.41) is 8.74. The van der Waals surface area contributed by atoms with E-state index in [1.54, 1.807) is 11.3 Å². The Hall–Kier alpha value is -1.33. The molecule has 19 heavy (non-hydrogen) atoms. The Kier molecular flexibility index (Phi) is 3.33. The maximum absolute atomic E-state index is 5.90. The maximum atomic E-state index is 5.90. The maximum Gasteiger partial charge on any atom is 0.163 e. The normalized spacial score (nSPS) is 11.5. The molecule has 3 rings (SSSR count). The number of aryl methyl sites for hydroxylation is 3. The average Bonchev–Trinajstić information content (AvgIpc) is 3.07. The van der Waals surface area contributed by atoms with Gasteiger partial charge in [0.1, 0.15) is 11.3 Å². The van der Waals surface area contributed by atoms with E-state index in [0.29, 0.717) is 5.88 Å². The predicted octanol–water partition coefficient (Wildman–Crippen LogP) is 3.16. The Labute approximate surface area is 120 Å². The van der Waals surface area contributed by atoms with E-state index in [4.69, 9.17) is 16.6 Å². The first-order valence-electron chi connectivity index (χ1n) is 6.28. The molecule has 3 aromatic heterocycles. The zero-order valence-electron chi connectivity index (χ0n) is 10.9. The van der Waals surface area contributed by atoms with Gasteiger partial charge in [0.05, 0.1) is 11.4 Å². The monoisotopic (exact) mass is 294 g/mol. The molecule has 0 aliphatic heterocycles. The van der Waals surface area contributed by atoms with Crippen molar-refractivity contribution in [1.82, 2.24) is 19.3 Å². The lowest BCUT2D eigenvalue weighted by atomic mass is 10.3. The van der Waals surface area contributed by atoms with Gasteiger partial charge in [-0.1, -0.05) is 6.92 Å². The highest BCUT2D eigenvalue weighted by Crippen LogP contribution is 2.25. The summed E-state index contributed by atoms with van der Waals surface area (Å²) < 4.78 is 4.08. The SMILES string of the molecule is CCc1nn(C)c2c1nc(CCCl)n2-c1ccsc1. The van der Waals surface area contributed by atoms with Crippen molar-refractivity contribution in [1.29, 1.82) is 0 Å². The summed E-state index contributed by atoms with van der Waals surface area (Å²) in [5.74, 6) is 1.58. The third-order valence-electron chi connectivity index (χ3n) is 3.19. The number of alkyl halides is 1. The summed E-state index contributed by atoms with van der Waals surface area (Å²) in [6.07, 6.45) is 1.65. The second-order valence-corrected chi connectivity index (χ2v) is 5.54. The number of rotatable bonds is 4. The third-order valence-corrected chi connectivity index (χ3v) is 4.05. The minimum Gasteiger partial charge on any atom is -0.280 e. The molecule has 0 atom stereocenters. The Morgan fingerprint density at radius 1 is 1.42 bits per heavy atom. The number of halogens is 1. The van der Waals surface area contributed by atoms with E-state index in [1.807, 2.05) is 11.7 Å². The fraction of sp³-hybridized carbons (Fsp3) is 0.385. The van der Waals surface area contributed by atoms with Gasteiger partial charge in [-0.3, -0.25) is 4.57 Å². The van der Waals surface area contributed by atoms with Crippen LogP contribution in [0, 0.1) is 0 Å². The zero-order chi connectivity index (χ0) is 13.4. The molecule has 0 N–H and O–H groups in total. The molecule has 0 radical (unpaired) electrons. The van der Waals surface area contributed by atoms with Gasteiger partial charge in [-0.25, -0.2) is 9.67 Å². The molecule has 0 unspecified atom stereocenters. The molecule has 0 aliphatic carbocycles. The standard InChI is InChI=1S/C13H15ClN4S/c1-3-10-12-13(17(2)16-10)18(9-5-7-19-8-9)11(15-12)4-6-14/h5,7-8H,3-4,6H2,1-2H3. The van der Waals surface area contributed by atoms with Crippen LogP contribution in [0.3, 0.4) is 0 Å². The Balaban J connectivity index is 2.32. The molecule has 0 bridgehead atoms. The number of aromatic nitrogens is 4. The highest BCUT2D eigenvalue weighted by molar-refractivity contribution is 7.08. The molecule has 0 spiro atoms. The molecule has 0 saturated carbocycles. The molecule has 0 saturated heterocycles. The van der Waals surface area contributed by atoms with E-state index in [0.717, 1.165) is 41.2 Å². The van der Waals surface area contributed by atoms with E-state index in [2.05, 4.69) is 33.4 Å². The lowest BCUT2D eigenvalue weighted by Crippen LogP contribution is -2.05. The van der Waals surface area contributed by atoms with Crippen molar-refractivity contribution < 1.29 is 0 Å². The summed E-state index contributed by atoms with van der Waals surface area (Å²) in [7, 11) is 1.97. The summed E-state index contributed by atoms with van der Waals surface area (Å²) >= 11 is 7.58. The van der Waals surface area contributed by atoms with Crippen molar-refractivity contribution in [3.63, 3.8) is 0 Å². The number of fused-ring (bicyclic) bond motifs is 1. The second-order valence-electron chi connectivity index (χ2n) is 4.38. The van der Waals surface area contributed by atoms with Crippen LogP contribution in [0.4, 0.5) is 0 Å². The van der Waals surface area contributed by atoms with E-state index in [1.165, 1.54) is 0 Å². The average molecular weight is 295 g/mol. The molecule has 3 heterocycles. The number of nitrogens with zero attached hydrogens (tertiary/aromatic N) is 4. The summed E-state index contributed by atoms with van der Waals surface area (Å²) in [6, 6.07) is 2.10. The van der Waals surface area contributed by atoms with Crippen LogP contribution in [0.15, 0.2) is 16.8 Å². The van der Waals surface area contributed by atoms with Gasteiger partial charge in [0.2, 0.25) is 0 Å². The van der Waals surface area contributed by atoms with Gasteiger partial charge < -0.3 is 0 Å². The van der Waals surface area contributed by atoms with Crippen molar-refractivity contribution in [3.8, 4) is 5.69 Å². The van der Waals surface area contributed by atoms with Crippen LogP contribution < -0.4 is 0 Å². The van der Waals surface area contributed by atoms with E-state index in [9.17, 15) is 0 Å². The molecule has 0 amide bonds. The predicted molar refractivity (Wildman–Crippen MR) is 79.5 cm³/mol. The van der Waals surface area contributed by atoms with Crippen molar-refractivity contribution in [2.45, 2.75) is 19.8 Å². The minimum absolute atomic E-state index is 0.572. The molecular weight excluding hydrogens is 280 g/mol. The molecular formula is C13H15ClN4S. The second kappa shape index (κ2) is 4.98. The minimum atomic E-state index is 0.572. The topological polar surface area (TPSA) is 35.6 Å². The molecule has 0 aliphatic rings. The zero-order valence-corrected chi connectivity index (χ0v) is 12.5. The van der Waals surface area contributed by atoms with Crippen molar-refractivity contribution in [2.24, 2.45) is 7.05 Å². The molecule has 0 aromatic carbocycles. The lowest BCUT2D eigenvalue weighted by Gasteiger charge is -2.06. The van der Waals surface area contributed by atoms with Gasteiger partial charge in [0.15, 0.2) is 5.65 Å². The Morgan fingerprint density at radius 2 is 2.26 bits per heavy atom. The fourth-order valence-corrected chi connectivity index (χ4v) is 3.16. The fourth-order valence-electron chi connectivity index (χ4n) is 2.37. The summed E-state index contributed by atoms with van der Waals surface area (Å²) in [4.78, 5) is 4.75. The summed E-state index contributed by atoms with van der Waals surface area (Å²) in [5.41, 5.74) is 4.23. The van der Waals surface area contributed by atoms with Crippen LogP contribution in [0.25, 0.3) is 16.9 Å². The molecule has 6 heteroatoms. The number of thiophene rings is 1. The van der Waals surface area contributed by atoms with Gasteiger partial charge in [-0.05, 0) is 17.9 Å². The Morgan fingerprint density at radius 3 is 2.89 bits per heavy atom. The lowest BCUT2D eigenvalue weighted by molar-refractivity contribution is 0.741. The quantitative estimate of drug-likeness (QED) is 0.693. The van der Waals surface area contributed by atoms with E-state index < -0.39 is 0 Å². The molecule has 4 nitrogen and oxygen atoms in total. The van der Waals surface area contributed by atoms with Crippen LogP contribution in [-0.4, -0.2) is 25.2 Å². The first-order valence-corrected chi connectivity index (χ1v) is 7.75. The molecule has 3 aromatic rings. The van der Waals surface area contributed by atoms with Gasteiger partial charge in [0.25, 0.3) is 0 Å². The number of imidazole rings is 1. The number of hydrogen-bond acceptors (Lipinski definition) is 3. The van der Waals surface area contributed by atoms with Crippen LogP contribution in [0.1, 0.15) is 18.4 Å². The summed E-state index contributed by atoms with van der Waals surface area (Å²) in [6.45, 7) is 2.10. The molecule has 100 valence electrons.